The van der Waals surface area contributed by atoms with E-state index in [4.69, 9.17) is 5.73 Å². The normalized spacial score (nSPS) is 10.1. The van der Waals surface area contributed by atoms with Crippen molar-refractivity contribution in [2.75, 3.05) is 25.9 Å². The van der Waals surface area contributed by atoms with Gasteiger partial charge in [0.15, 0.2) is 0 Å². The molecule has 0 spiro atoms. The van der Waals surface area contributed by atoms with Gasteiger partial charge >= 0.3 is 0 Å². The number of hydrogen-bond acceptors (Lipinski definition) is 4. The van der Waals surface area contributed by atoms with Crippen molar-refractivity contribution in [3.63, 3.8) is 0 Å². The molecule has 2 amide bonds. The second-order valence-electron chi connectivity index (χ2n) is 3.74. The van der Waals surface area contributed by atoms with Crippen LogP contribution in [0.5, 0.6) is 0 Å². The Bertz CT molecular complexity index is 409. The molecule has 0 aliphatic rings. The molecule has 0 unspecified atom stereocenters. The van der Waals surface area contributed by atoms with Gasteiger partial charge in [0.1, 0.15) is 0 Å². The van der Waals surface area contributed by atoms with Crippen LogP contribution in [0.3, 0.4) is 0 Å². The van der Waals surface area contributed by atoms with Crippen molar-refractivity contribution in [1.82, 2.24) is 10.2 Å². The maximum atomic E-state index is 12.0. The number of thiophene rings is 1. The van der Waals surface area contributed by atoms with Gasteiger partial charge in [-0.3, -0.25) is 9.59 Å². The summed E-state index contributed by atoms with van der Waals surface area (Å²) in [6, 6.07) is 1.65. The number of hydrogen-bond donors (Lipinski definition) is 2. The highest BCUT2D eigenvalue weighted by atomic mass is 32.1. The average Bonchev–Trinajstić information content (AvgIpc) is 2.58. The zero-order valence-corrected chi connectivity index (χ0v) is 11.1. The topological polar surface area (TPSA) is 75.4 Å². The molecule has 1 rings (SSSR count). The maximum Gasteiger partial charge on any atom is 0.264 e. The standard InChI is InChI=1S/C11H17N3O2S/c1-4-13-10(15)6-14(3)11(16)9-5-8(12)7(2)17-9/h5H,4,6,12H2,1-3H3,(H,13,15). The molecule has 0 atom stereocenters. The van der Waals surface area contributed by atoms with E-state index in [1.54, 1.807) is 13.1 Å². The lowest BCUT2D eigenvalue weighted by atomic mass is 10.3. The van der Waals surface area contributed by atoms with E-state index in [1.165, 1.54) is 16.2 Å². The van der Waals surface area contributed by atoms with E-state index in [0.29, 0.717) is 17.1 Å². The molecule has 3 N–H and O–H groups in total. The number of rotatable bonds is 4. The molecule has 94 valence electrons. The molecule has 1 heterocycles. The van der Waals surface area contributed by atoms with Crippen molar-refractivity contribution in [2.45, 2.75) is 13.8 Å². The maximum absolute atomic E-state index is 12.0. The summed E-state index contributed by atoms with van der Waals surface area (Å²) >= 11 is 1.34. The first kappa shape index (κ1) is 13.5. The Morgan fingerprint density at radius 3 is 2.65 bits per heavy atom. The molecule has 1 aromatic heterocycles. The van der Waals surface area contributed by atoms with Crippen LogP contribution in [0.1, 0.15) is 21.5 Å². The van der Waals surface area contributed by atoms with Crippen LogP contribution in [0.15, 0.2) is 6.07 Å². The zero-order chi connectivity index (χ0) is 13.0. The van der Waals surface area contributed by atoms with Crippen LogP contribution in [0.4, 0.5) is 5.69 Å². The summed E-state index contributed by atoms with van der Waals surface area (Å²) in [5.41, 5.74) is 6.30. The predicted octanol–water partition coefficient (Wildman–Crippen LogP) is 0.847. The van der Waals surface area contributed by atoms with Gasteiger partial charge < -0.3 is 16.0 Å². The fourth-order valence-electron chi connectivity index (χ4n) is 1.33. The Labute approximate surface area is 105 Å². The summed E-state index contributed by atoms with van der Waals surface area (Å²) < 4.78 is 0. The molecule has 17 heavy (non-hydrogen) atoms. The number of nitrogen functional groups attached to an aromatic ring is 1. The Hall–Kier alpha value is -1.56. The first-order valence-corrected chi connectivity index (χ1v) is 6.15. The molecule has 0 saturated carbocycles. The summed E-state index contributed by atoms with van der Waals surface area (Å²) in [5.74, 6) is -0.342. The summed E-state index contributed by atoms with van der Waals surface area (Å²) in [6.07, 6.45) is 0. The highest BCUT2D eigenvalue weighted by Gasteiger charge is 2.17. The fraction of sp³-hybridized carbons (Fsp3) is 0.455. The first-order valence-electron chi connectivity index (χ1n) is 5.33. The fourth-order valence-corrected chi connectivity index (χ4v) is 2.27. The molecular weight excluding hydrogens is 238 g/mol. The number of carbonyl (C=O) groups excluding carboxylic acids is 2. The van der Waals surface area contributed by atoms with Gasteiger partial charge in [0, 0.05) is 24.2 Å². The molecule has 0 saturated heterocycles. The van der Waals surface area contributed by atoms with Crippen LogP contribution >= 0.6 is 11.3 Å². The number of nitrogens with zero attached hydrogens (tertiary/aromatic N) is 1. The van der Waals surface area contributed by atoms with Gasteiger partial charge in [0.25, 0.3) is 5.91 Å². The van der Waals surface area contributed by atoms with Crippen molar-refractivity contribution < 1.29 is 9.59 Å². The van der Waals surface area contributed by atoms with Gasteiger partial charge in [-0.2, -0.15) is 0 Å². The van der Waals surface area contributed by atoms with E-state index >= 15 is 0 Å². The summed E-state index contributed by atoms with van der Waals surface area (Å²) in [5, 5.41) is 2.65. The van der Waals surface area contributed by atoms with Crippen molar-refractivity contribution in [3.05, 3.63) is 15.8 Å². The Balaban J connectivity index is 2.66. The lowest BCUT2D eigenvalue weighted by Gasteiger charge is -2.15. The second-order valence-corrected chi connectivity index (χ2v) is 4.99. The molecule has 6 heteroatoms. The van der Waals surface area contributed by atoms with E-state index in [-0.39, 0.29) is 18.4 Å². The van der Waals surface area contributed by atoms with E-state index in [0.717, 1.165) is 4.88 Å². The third-order valence-electron chi connectivity index (χ3n) is 2.27. The number of aryl methyl sites for hydroxylation is 1. The number of anilines is 1. The number of carbonyl (C=O) groups is 2. The Morgan fingerprint density at radius 2 is 2.18 bits per heavy atom. The largest absolute Gasteiger partial charge is 0.398 e. The van der Waals surface area contributed by atoms with Crippen molar-refractivity contribution in [1.29, 1.82) is 0 Å². The minimum Gasteiger partial charge on any atom is -0.398 e. The number of nitrogens with two attached hydrogens (primary N) is 1. The first-order chi connectivity index (χ1) is 7.95. The van der Waals surface area contributed by atoms with Crippen LogP contribution in [-0.4, -0.2) is 36.9 Å². The summed E-state index contributed by atoms with van der Waals surface area (Å²) in [7, 11) is 1.60. The van der Waals surface area contributed by atoms with Crippen LogP contribution in [-0.2, 0) is 4.79 Å². The third-order valence-corrected chi connectivity index (χ3v) is 3.32. The molecule has 0 aliphatic heterocycles. The quantitative estimate of drug-likeness (QED) is 0.837. The second kappa shape index (κ2) is 5.67. The van der Waals surface area contributed by atoms with Crippen molar-refractivity contribution in [2.24, 2.45) is 0 Å². The van der Waals surface area contributed by atoms with E-state index in [9.17, 15) is 9.59 Å². The summed E-state index contributed by atoms with van der Waals surface area (Å²) in [6.45, 7) is 4.32. The molecule has 0 aromatic carbocycles. The van der Waals surface area contributed by atoms with Gasteiger partial charge in [-0.05, 0) is 19.9 Å². The lowest BCUT2D eigenvalue weighted by Crippen LogP contribution is -2.37. The van der Waals surface area contributed by atoms with E-state index in [2.05, 4.69) is 5.32 Å². The molecule has 1 aromatic rings. The molecule has 0 radical (unpaired) electrons. The predicted molar refractivity (Wildman–Crippen MR) is 69.1 cm³/mol. The lowest BCUT2D eigenvalue weighted by molar-refractivity contribution is -0.121. The molecule has 0 aliphatic carbocycles. The minimum absolute atomic E-state index is 0.0591. The van der Waals surface area contributed by atoms with E-state index in [1.807, 2.05) is 13.8 Å². The van der Waals surface area contributed by atoms with Gasteiger partial charge in [-0.1, -0.05) is 0 Å². The molecule has 0 fully saturated rings. The average molecular weight is 255 g/mol. The Morgan fingerprint density at radius 1 is 1.53 bits per heavy atom. The molecule has 0 bridgehead atoms. The van der Waals surface area contributed by atoms with Crippen LogP contribution in [0.25, 0.3) is 0 Å². The third kappa shape index (κ3) is 3.45. The molecule has 5 nitrogen and oxygen atoms in total. The van der Waals surface area contributed by atoms with Crippen LogP contribution in [0, 0.1) is 6.92 Å². The SMILES string of the molecule is CCNC(=O)CN(C)C(=O)c1cc(N)c(C)s1. The minimum atomic E-state index is -0.180. The zero-order valence-electron chi connectivity index (χ0n) is 10.2. The number of nitrogens with one attached hydrogen (secondary N) is 1. The van der Waals surface area contributed by atoms with Gasteiger partial charge in [-0.15, -0.1) is 11.3 Å². The Kier molecular flexibility index (Phi) is 4.51. The number of amides is 2. The monoisotopic (exact) mass is 255 g/mol. The highest BCUT2D eigenvalue weighted by molar-refractivity contribution is 7.14. The van der Waals surface area contributed by atoms with Crippen molar-refractivity contribution in [3.8, 4) is 0 Å². The smallest absolute Gasteiger partial charge is 0.264 e. The van der Waals surface area contributed by atoms with Gasteiger partial charge in [-0.25, -0.2) is 0 Å². The van der Waals surface area contributed by atoms with Gasteiger partial charge in [0.05, 0.1) is 11.4 Å². The van der Waals surface area contributed by atoms with E-state index < -0.39 is 0 Å². The van der Waals surface area contributed by atoms with Crippen LogP contribution in [0.2, 0.25) is 0 Å². The van der Waals surface area contributed by atoms with Crippen LogP contribution < -0.4 is 11.1 Å². The summed E-state index contributed by atoms with van der Waals surface area (Å²) in [4.78, 5) is 26.1. The highest BCUT2D eigenvalue weighted by Crippen LogP contribution is 2.24. The van der Waals surface area contributed by atoms with Gasteiger partial charge in [0.2, 0.25) is 5.91 Å². The molecular formula is C11H17N3O2S. The number of likely N-dealkylation sites (N-methyl/N-ethyl adjacent to an activating group) is 2. The van der Waals surface area contributed by atoms with Crippen molar-refractivity contribution >= 4 is 28.8 Å².